The number of pyridine rings is 1. The molecule has 3 aliphatic heterocycles. The number of benzene rings is 1. The molecule has 0 radical (unpaired) electrons. The molecule has 2 fully saturated rings. The first-order chi connectivity index (χ1) is 19.1. The van der Waals surface area contributed by atoms with Crippen LogP contribution in [0.15, 0.2) is 36.5 Å². The fourth-order valence-electron chi connectivity index (χ4n) is 6.56. The van der Waals surface area contributed by atoms with E-state index >= 15 is 4.39 Å². The van der Waals surface area contributed by atoms with E-state index in [2.05, 4.69) is 22.5 Å². The highest BCUT2D eigenvalue weighted by atomic mass is 19.1. The summed E-state index contributed by atoms with van der Waals surface area (Å²) in [7, 11) is 0. The fourth-order valence-corrected chi connectivity index (χ4v) is 6.56. The van der Waals surface area contributed by atoms with Crippen molar-refractivity contribution in [1.29, 1.82) is 0 Å². The van der Waals surface area contributed by atoms with Crippen LogP contribution in [0.5, 0.6) is 0 Å². The van der Waals surface area contributed by atoms with E-state index in [4.69, 9.17) is 9.72 Å². The molecule has 9 heteroatoms. The number of para-hydroxylation sites is 1. The lowest BCUT2D eigenvalue weighted by Gasteiger charge is -2.26. The van der Waals surface area contributed by atoms with Crippen molar-refractivity contribution in [3.63, 3.8) is 0 Å². The molecule has 6 rings (SSSR count). The number of hydrogen-bond acceptors (Lipinski definition) is 6. The van der Waals surface area contributed by atoms with Crippen LogP contribution in [0.3, 0.4) is 0 Å². The average molecular weight is 536 g/mol. The van der Waals surface area contributed by atoms with Gasteiger partial charge in [-0.3, -0.25) is 14.4 Å². The average Bonchev–Trinajstić information content (AvgIpc) is 3.72. The number of anilines is 1. The highest BCUT2D eigenvalue weighted by Crippen LogP contribution is 2.36. The number of hydrogen-bond donors (Lipinski definition) is 2. The van der Waals surface area contributed by atoms with Crippen LogP contribution in [-0.4, -0.2) is 69.8 Å². The largest absolute Gasteiger partial charge is 0.480 e. The molecule has 3 aliphatic rings. The molecule has 208 valence electrons. The van der Waals surface area contributed by atoms with Crippen molar-refractivity contribution in [3.05, 3.63) is 53.3 Å². The molecule has 8 nitrogen and oxygen atoms in total. The predicted octanol–water partition coefficient (Wildman–Crippen LogP) is 4.95. The lowest BCUT2D eigenvalue weighted by molar-refractivity contribution is -0.143. The standard InChI is InChI=1S/C30H38FN5O3/c31-26(9-2-1-7-23-11-10-20-6-4-14-32-29(20)34-23)22-12-15-35(18-22)28(30(37)38)25-8-3-5-21-17-33-36(27(21)25)24-13-16-39-19-24/h3,5,8,10-11,17,22,24,26,28H,1-2,4,6-7,9,12-16,18-19H2,(H,32,34)(H,37,38)/t22-,24+,26+,28+/m1/s1. The molecule has 3 aromatic rings. The van der Waals surface area contributed by atoms with E-state index in [0.29, 0.717) is 39.1 Å². The zero-order valence-electron chi connectivity index (χ0n) is 22.4. The summed E-state index contributed by atoms with van der Waals surface area (Å²) in [6.07, 6.45) is 7.68. The van der Waals surface area contributed by atoms with Crippen LogP contribution in [0.2, 0.25) is 0 Å². The molecule has 0 spiro atoms. The highest BCUT2D eigenvalue weighted by Gasteiger charge is 2.38. The van der Waals surface area contributed by atoms with Gasteiger partial charge in [0.15, 0.2) is 0 Å². The first-order valence-corrected chi connectivity index (χ1v) is 14.5. The first-order valence-electron chi connectivity index (χ1n) is 14.5. The van der Waals surface area contributed by atoms with E-state index in [1.165, 1.54) is 5.56 Å². The number of rotatable bonds is 10. The topological polar surface area (TPSA) is 92.5 Å². The van der Waals surface area contributed by atoms with Crippen LogP contribution in [-0.2, 0) is 22.4 Å². The number of alkyl halides is 1. The van der Waals surface area contributed by atoms with Crippen molar-refractivity contribution in [3.8, 4) is 0 Å². The number of likely N-dealkylation sites (tertiary alicyclic amines) is 1. The molecule has 39 heavy (non-hydrogen) atoms. The SMILES string of the molecule is O=C(O)[C@H](c1cccc2cnn([C@H]3CCOC3)c12)N1CC[C@@H]([C@@H](F)CCCCc2ccc3c(n2)NCCC3)C1. The van der Waals surface area contributed by atoms with E-state index in [1.54, 1.807) is 6.20 Å². The second kappa shape index (κ2) is 11.6. The third-order valence-corrected chi connectivity index (χ3v) is 8.68. The molecule has 2 N–H and O–H groups in total. The van der Waals surface area contributed by atoms with E-state index in [0.717, 1.165) is 73.0 Å². The van der Waals surface area contributed by atoms with Gasteiger partial charge in [-0.15, -0.1) is 0 Å². The summed E-state index contributed by atoms with van der Waals surface area (Å²) in [5.41, 5.74) is 3.93. The molecular weight excluding hydrogens is 497 g/mol. The smallest absolute Gasteiger partial charge is 0.325 e. The summed E-state index contributed by atoms with van der Waals surface area (Å²) in [5, 5.41) is 19.2. The van der Waals surface area contributed by atoms with Gasteiger partial charge in [-0.1, -0.05) is 30.7 Å². The van der Waals surface area contributed by atoms with Crippen LogP contribution < -0.4 is 5.32 Å². The first kappa shape index (κ1) is 26.2. The summed E-state index contributed by atoms with van der Waals surface area (Å²) in [5.74, 6) is -0.0391. The zero-order chi connectivity index (χ0) is 26.8. The van der Waals surface area contributed by atoms with Gasteiger partial charge in [0, 0.05) is 42.3 Å². The second-order valence-electron chi connectivity index (χ2n) is 11.3. The van der Waals surface area contributed by atoms with Crippen LogP contribution >= 0.6 is 0 Å². The number of unbranched alkanes of at least 4 members (excludes halogenated alkanes) is 1. The van der Waals surface area contributed by atoms with Gasteiger partial charge in [0.2, 0.25) is 0 Å². The van der Waals surface area contributed by atoms with Crippen molar-refractivity contribution < 1.29 is 19.0 Å². The summed E-state index contributed by atoms with van der Waals surface area (Å²) >= 11 is 0. The Bertz CT molecular complexity index is 1310. The van der Waals surface area contributed by atoms with Crippen LogP contribution in [0.4, 0.5) is 10.2 Å². The van der Waals surface area contributed by atoms with Gasteiger partial charge >= 0.3 is 5.97 Å². The highest BCUT2D eigenvalue weighted by molar-refractivity contribution is 5.88. The van der Waals surface area contributed by atoms with Crippen LogP contribution in [0.1, 0.15) is 67.4 Å². The number of carbonyl (C=O) groups is 1. The Balaban J connectivity index is 1.07. The van der Waals surface area contributed by atoms with Gasteiger partial charge in [-0.05, 0) is 63.1 Å². The summed E-state index contributed by atoms with van der Waals surface area (Å²) in [6.45, 7) is 3.27. The molecule has 5 heterocycles. The van der Waals surface area contributed by atoms with E-state index in [1.807, 2.05) is 27.8 Å². The number of nitrogens with zero attached hydrogens (tertiary/aromatic N) is 4. The quantitative estimate of drug-likeness (QED) is 0.355. The number of nitrogens with one attached hydrogen (secondary N) is 1. The molecule has 0 aliphatic carbocycles. The van der Waals surface area contributed by atoms with Gasteiger partial charge in [-0.2, -0.15) is 5.10 Å². The molecular formula is C30H38FN5O3. The number of aryl methyl sites for hydroxylation is 2. The van der Waals surface area contributed by atoms with Crippen molar-refractivity contribution in [2.45, 2.75) is 69.6 Å². The lowest BCUT2D eigenvalue weighted by Crippen LogP contribution is -2.34. The molecule has 0 unspecified atom stereocenters. The lowest BCUT2D eigenvalue weighted by atomic mass is 9.97. The zero-order valence-corrected chi connectivity index (χ0v) is 22.4. The van der Waals surface area contributed by atoms with E-state index < -0.39 is 18.2 Å². The van der Waals surface area contributed by atoms with Crippen molar-refractivity contribution in [2.75, 3.05) is 38.2 Å². The monoisotopic (exact) mass is 535 g/mol. The minimum absolute atomic E-state index is 0.104. The van der Waals surface area contributed by atoms with E-state index in [-0.39, 0.29) is 12.0 Å². The number of halogens is 1. The fraction of sp³-hybridized carbons (Fsp3) is 0.567. The summed E-state index contributed by atoms with van der Waals surface area (Å²) < 4.78 is 22.9. The molecule has 0 saturated carbocycles. The Kier molecular flexibility index (Phi) is 7.79. The Morgan fingerprint density at radius 2 is 2.15 bits per heavy atom. The maximum absolute atomic E-state index is 15.3. The summed E-state index contributed by atoms with van der Waals surface area (Å²) in [6, 6.07) is 9.30. The Morgan fingerprint density at radius 3 is 3.00 bits per heavy atom. The predicted molar refractivity (Wildman–Crippen MR) is 148 cm³/mol. The van der Waals surface area contributed by atoms with E-state index in [9.17, 15) is 9.90 Å². The molecule has 2 aromatic heterocycles. The number of ether oxygens (including phenoxy) is 1. The Labute approximate surface area is 228 Å². The third-order valence-electron chi connectivity index (χ3n) is 8.68. The van der Waals surface area contributed by atoms with Gasteiger partial charge in [0.25, 0.3) is 0 Å². The van der Waals surface area contributed by atoms with Gasteiger partial charge in [0.05, 0.1) is 24.4 Å². The minimum Gasteiger partial charge on any atom is -0.480 e. The minimum atomic E-state index is -0.931. The number of aromatic nitrogens is 3. The number of aliphatic carboxylic acids is 1. The van der Waals surface area contributed by atoms with Crippen molar-refractivity contribution in [1.82, 2.24) is 19.7 Å². The number of fused-ring (bicyclic) bond motifs is 2. The summed E-state index contributed by atoms with van der Waals surface area (Å²) in [4.78, 5) is 19.3. The van der Waals surface area contributed by atoms with Gasteiger partial charge < -0.3 is 15.2 Å². The molecule has 2 saturated heterocycles. The molecule has 0 bridgehead atoms. The van der Waals surface area contributed by atoms with Gasteiger partial charge in [-0.25, -0.2) is 9.37 Å². The maximum atomic E-state index is 15.3. The maximum Gasteiger partial charge on any atom is 0.325 e. The molecule has 4 atom stereocenters. The third kappa shape index (κ3) is 5.52. The van der Waals surface area contributed by atoms with Crippen LogP contribution in [0.25, 0.3) is 10.9 Å². The second-order valence-corrected chi connectivity index (χ2v) is 11.3. The van der Waals surface area contributed by atoms with Crippen molar-refractivity contribution >= 4 is 22.7 Å². The van der Waals surface area contributed by atoms with Crippen LogP contribution in [0, 0.1) is 5.92 Å². The van der Waals surface area contributed by atoms with Crippen molar-refractivity contribution in [2.24, 2.45) is 5.92 Å². The Hall–Kier alpha value is -3.04. The Morgan fingerprint density at radius 1 is 1.23 bits per heavy atom. The number of carboxylic acids is 1. The number of carboxylic acid groups (broad SMARTS) is 1. The molecule has 0 amide bonds. The molecule has 1 aromatic carbocycles. The van der Waals surface area contributed by atoms with Gasteiger partial charge in [0.1, 0.15) is 18.0 Å². The normalized spacial score (nSPS) is 23.0.